The van der Waals surface area contributed by atoms with Gasteiger partial charge in [-0.25, -0.2) is 0 Å². The highest BCUT2D eigenvalue weighted by Gasteiger charge is 2.01. The van der Waals surface area contributed by atoms with Crippen molar-refractivity contribution in [1.82, 2.24) is 10.5 Å². The van der Waals surface area contributed by atoms with Crippen LogP contribution >= 0.6 is 15.9 Å². The van der Waals surface area contributed by atoms with E-state index < -0.39 is 0 Å². The van der Waals surface area contributed by atoms with Gasteiger partial charge in [0.25, 0.3) is 0 Å². The van der Waals surface area contributed by atoms with Crippen LogP contribution in [0.5, 0.6) is 0 Å². The van der Waals surface area contributed by atoms with Crippen LogP contribution in [0, 0.1) is 13.8 Å². The maximum absolute atomic E-state index is 5.13. The van der Waals surface area contributed by atoms with Crippen LogP contribution in [-0.4, -0.2) is 5.16 Å². The van der Waals surface area contributed by atoms with Gasteiger partial charge >= 0.3 is 0 Å². The lowest BCUT2D eigenvalue weighted by Crippen LogP contribution is -2.12. The summed E-state index contributed by atoms with van der Waals surface area (Å²) in [6.07, 6.45) is 0. The molecular weight excluding hydrogens is 280 g/mol. The molecule has 0 aliphatic rings. The van der Waals surface area contributed by atoms with Gasteiger partial charge in [-0.3, -0.25) is 0 Å². The largest absolute Gasteiger partial charge is 0.360 e. The number of hydrogen-bond donors (Lipinski definition) is 1. The van der Waals surface area contributed by atoms with Crippen molar-refractivity contribution in [3.05, 3.63) is 51.3 Å². The van der Waals surface area contributed by atoms with Crippen molar-refractivity contribution in [2.24, 2.45) is 0 Å². The van der Waals surface area contributed by atoms with E-state index in [2.05, 4.69) is 51.5 Å². The lowest BCUT2D eigenvalue weighted by molar-refractivity contribution is 0.369. The smallest absolute Gasteiger partial charge is 0.150 e. The molecule has 1 aromatic carbocycles. The third-order valence-electron chi connectivity index (χ3n) is 2.53. The molecule has 0 aliphatic heterocycles. The third-order valence-corrected chi connectivity index (χ3v) is 3.42. The average Bonchev–Trinajstić information content (AvgIpc) is 2.70. The zero-order valence-electron chi connectivity index (χ0n) is 9.96. The second kappa shape index (κ2) is 5.47. The molecule has 90 valence electrons. The molecule has 0 fully saturated rings. The fraction of sp³-hybridized carbons (Fsp3) is 0.308. The van der Waals surface area contributed by atoms with E-state index in [1.54, 1.807) is 0 Å². The molecule has 0 saturated carbocycles. The van der Waals surface area contributed by atoms with Crippen LogP contribution in [0.25, 0.3) is 0 Å². The van der Waals surface area contributed by atoms with Gasteiger partial charge in [0, 0.05) is 17.1 Å². The van der Waals surface area contributed by atoms with Crippen LogP contribution in [-0.2, 0) is 13.1 Å². The summed E-state index contributed by atoms with van der Waals surface area (Å²) in [5, 5.41) is 7.18. The van der Waals surface area contributed by atoms with Crippen LogP contribution < -0.4 is 5.32 Å². The Morgan fingerprint density at radius 2 is 2.06 bits per heavy atom. The molecule has 0 unspecified atom stereocenters. The highest BCUT2D eigenvalue weighted by molar-refractivity contribution is 9.10. The SMILES string of the molecule is Cc1cc(CNCc2ccc(Br)c(C)c2)on1. The molecule has 2 rings (SSSR count). The fourth-order valence-electron chi connectivity index (χ4n) is 1.65. The van der Waals surface area contributed by atoms with Gasteiger partial charge in [-0.1, -0.05) is 33.2 Å². The summed E-state index contributed by atoms with van der Waals surface area (Å²) in [6.45, 7) is 5.54. The molecule has 0 saturated heterocycles. The second-order valence-electron chi connectivity index (χ2n) is 4.12. The molecular formula is C13H15BrN2O. The predicted molar refractivity (Wildman–Crippen MR) is 70.7 cm³/mol. The van der Waals surface area contributed by atoms with Gasteiger partial charge in [-0.05, 0) is 31.0 Å². The van der Waals surface area contributed by atoms with Crippen molar-refractivity contribution in [2.45, 2.75) is 26.9 Å². The monoisotopic (exact) mass is 294 g/mol. The lowest BCUT2D eigenvalue weighted by atomic mass is 10.1. The molecule has 0 amide bonds. The number of nitrogens with one attached hydrogen (secondary N) is 1. The normalized spacial score (nSPS) is 10.8. The van der Waals surface area contributed by atoms with Crippen molar-refractivity contribution >= 4 is 15.9 Å². The standard InChI is InChI=1S/C13H15BrN2O/c1-9-5-11(3-4-13(9)14)7-15-8-12-6-10(2)16-17-12/h3-6,15H,7-8H2,1-2H3. The number of nitrogens with zero attached hydrogens (tertiary/aromatic N) is 1. The molecule has 3 nitrogen and oxygen atoms in total. The van der Waals surface area contributed by atoms with E-state index in [0.717, 1.165) is 22.5 Å². The first-order chi connectivity index (χ1) is 8.15. The Labute approximate surface area is 109 Å². The zero-order valence-corrected chi connectivity index (χ0v) is 11.5. The number of rotatable bonds is 4. The predicted octanol–water partition coefficient (Wildman–Crippen LogP) is 3.34. The minimum Gasteiger partial charge on any atom is -0.360 e. The lowest BCUT2D eigenvalue weighted by Gasteiger charge is -2.05. The summed E-state index contributed by atoms with van der Waals surface area (Å²) in [5.41, 5.74) is 3.43. The highest BCUT2D eigenvalue weighted by atomic mass is 79.9. The van der Waals surface area contributed by atoms with Gasteiger partial charge in [-0.2, -0.15) is 0 Å². The summed E-state index contributed by atoms with van der Waals surface area (Å²) in [5.74, 6) is 0.872. The molecule has 0 bridgehead atoms. The Bertz CT molecular complexity index is 508. The van der Waals surface area contributed by atoms with E-state index in [4.69, 9.17) is 4.52 Å². The van der Waals surface area contributed by atoms with Crippen molar-refractivity contribution in [2.75, 3.05) is 0 Å². The molecule has 17 heavy (non-hydrogen) atoms. The Morgan fingerprint density at radius 1 is 1.24 bits per heavy atom. The van der Waals surface area contributed by atoms with Gasteiger partial charge < -0.3 is 9.84 Å². The molecule has 0 spiro atoms. The van der Waals surface area contributed by atoms with E-state index in [-0.39, 0.29) is 0 Å². The second-order valence-corrected chi connectivity index (χ2v) is 4.98. The van der Waals surface area contributed by atoms with Crippen LogP contribution in [0.2, 0.25) is 0 Å². The minimum atomic E-state index is 0.704. The van der Waals surface area contributed by atoms with E-state index in [0.29, 0.717) is 6.54 Å². The number of benzene rings is 1. The third kappa shape index (κ3) is 3.41. The van der Waals surface area contributed by atoms with Crippen molar-refractivity contribution < 1.29 is 4.52 Å². The summed E-state index contributed by atoms with van der Waals surface area (Å²) in [6, 6.07) is 8.29. The maximum atomic E-state index is 5.13. The first-order valence-corrected chi connectivity index (χ1v) is 6.32. The molecule has 4 heteroatoms. The molecule has 1 heterocycles. The van der Waals surface area contributed by atoms with Gasteiger partial charge in [0.05, 0.1) is 12.2 Å². The van der Waals surface area contributed by atoms with E-state index in [1.165, 1.54) is 11.1 Å². The summed E-state index contributed by atoms with van der Waals surface area (Å²) < 4.78 is 6.27. The van der Waals surface area contributed by atoms with Crippen molar-refractivity contribution in [3.8, 4) is 0 Å². The molecule has 0 aliphatic carbocycles. The quantitative estimate of drug-likeness (QED) is 0.940. The molecule has 0 atom stereocenters. The first-order valence-electron chi connectivity index (χ1n) is 5.53. The Kier molecular flexibility index (Phi) is 3.97. The van der Waals surface area contributed by atoms with Gasteiger partial charge in [0.1, 0.15) is 0 Å². The van der Waals surface area contributed by atoms with Crippen LogP contribution in [0.4, 0.5) is 0 Å². The molecule has 2 aromatic rings. The number of aromatic nitrogens is 1. The van der Waals surface area contributed by atoms with E-state index in [9.17, 15) is 0 Å². The summed E-state index contributed by atoms with van der Waals surface area (Å²) in [7, 11) is 0. The number of aryl methyl sites for hydroxylation is 2. The average molecular weight is 295 g/mol. The Balaban J connectivity index is 1.87. The summed E-state index contributed by atoms with van der Waals surface area (Å²) >= 11 is 3.49. The van der Waals surface area contributed by atoms with Crippen molar-refractivity contribution in [1.29, 1.82) is 0 Å². The summed E-state index contributed by atoms with van der Waals surface area (Å²) in [4.78, 5) is 0. The Morgan fingerprint density at radius 3 is 2.71 bits per heavy atom. The van der Waals surface area contributed by atoms with Crippen LogP contribution in [0.3, 0.4) is 0 Å². The fourth-order valence-corrected chi connectivity index (χ4v) is 1.89. The van der Waals surface area contributed by atoms with E-state index >= 15 is 0 Å². The first kappa shape index (κ1) is 12.3. The topological polar surface area (TPSA) is 38.1 Å². The van der Waals surface area contributed by atoms with E-state index in [1.807, 2.05) is 13.0 Å². The minimum absolute atomic E-state index is 0.704. The number of halogens is 1. The number of hydrogen-bond acceptors (Lipinski definition) is 3. The van der Waals surface area contributed by atoms with Crippen LogP contribution in [0.1, 0.15) is 22.6 Å². The van der Waals surface area contributed by atoms with Gasteiger partial charge in [-0.15, -0.1) is 0 Å². The molecule has 0 radical (unpaired) electrons. The molecule has 1 N–H and O–H groups in total. The highest BCUT2D eigenvalue weighted by Crippen LogP contribution is 2.17. The van der Waals surface area contributed by atoms with Gasteiger partial charge in [0.15, 0.2) is 5.76 Å². The molecule has 1 aromatic heterocycles. The van der Waals surface area contributed by atoms with Gasteiger partial charge in [0.2, 0.25) is 0 Å². The zero-order chi connectivity index (χ0) is 12.3. The maximum Gasteiger partial charge on any atom is 0.150 e. The van der Waals surface area contributed by atoms with Crippen LogP contribution in [0.15, 0.2) is 33.3 Å². The van der Waals surface area contributed by atoms with Crippen molar-refractivity contribution in [3.63, 3.8) is 0 Å². The Hall–Kier alpha value is -1.13.